The molecule has 0 aromatic carbocycles. The third-order valence-corrected chi connectivity index (χ3v) is 8.43. The molecular weight excluding hydrogens is 410 g/mol. The van der Waals surface area contributed by atoms with Crippen LogP contribution in [0.4, 0.5) is 0 Å². The van der Waals surface area contributed by atoms with E-state index in [0.29, 0.717) is 11.8 Å². The van der Waals surface area contributed by atoms with Crippen molar-refractivity contribution in [3.63, 3.8) is 0 Å². The van der Waals surface area contributed by atoms with E-state index < -0.39 is 10.7 Å². The first-order valence-corrected chi connectivity index (χ1v) is 12.7. The summed E-state index contributed by atoms with van der Waals surface area (Å²) in [4.78, 5) is 19.4. The van der Waals surface area contributed by atoms with Crippen LogP contribution in [0.25, 0.3) is 21.9 Å². The van der Waals surface area contributed by atoms with Crippen LogP contribution in [-0.4, -0.2) is 51.7 Å². The van der Waals surface area contributed by atoms with E-state index in [4.69, 9.17) is 4.98 Å². The van der Waals surface area contributed by atoms with Gasteiger partial charge in [-0.15, -0.1) is 0 Å². The monoisotopic (exact) mass is 441 g/mol. The van der Waals surface area contributed by atoms with Crippen molar-refractivity contribution in [2.24, 2.45) is 11.8 Å². The Kier molecular flexibility index (Phi) is 5.69. The van der Waals surface area contributed by atoms with Gasteiger partial charge in [-0.1, -0.05) is 6.92 Å². The molecule has 0 amide bonds. The van der Waals surface area contributed by atoms with Crippen LogP contribution in [0.5, 0.6) is 0 Å². The van der Waals surface area contributed by atoms with Crippen molar-refractivity contribution >= 4 is 32.6 Å². The number of pyridine rings is 1. The number of aromatic amines is 1. The highest BCUT2D eigenvalue weighted by molar-refractivity contribution is 7.73. The number of aromatic nitrogens is 4. The van der Waals surface area contributed by atoms with Crippen molar-refractivity contribution in [3.8, 4) is 0 Å². The highest BCUT2D eigenvalue weighted by atomic mass is 32.2. The van der Waals surface area contributed by atoms with Gasteiger partial charge in [0.15, 0.2) is 10.7 Å². The highest BCUT2D eigenvalue weighted by Gasteiger charge is 2.36. The molecule has 2 aliphatic rings. The Bertz CT molecular complexity index is 1160. The maximum Gasteiger partial charge on any atom is 0.156 e. The average molecular weight is 442 g/mol. The van der Waals surface area contributed by atoms with Gasteiger partial charge in [0, 0.05) is 29.4 Å². The summed E-state index contributed by atoms with van der Waals surface area (Å²) in [5.41, 5.74) is 2.85. The topological polar surface area (TPSA) is 91.8 Å². The summed E-state index contributed by atoms with van der Waals surface area (Å²) in [6.45, 7) is 5.98. The lowest BCUT2D eigenvalue weighted by molar-refractivity contribution is 0.118. The van der Waals surface area contributed by atoms with E-state index in [1.165, 1.54) is 6.42 Å². The van der Waals surface area contributed by atoms with Crippen LogP contribution in [0, 0.1) is 18.8 Å². The zero-order valence-corrected chi connectivity index (χ0v) is 19.1. The molecule has 3 aromatic rings. The molecular formula is C23H31N5O2S. The first kappa shape index (κ1) is 20.8. The van der Waals surface area contributed by atoms with Gasteiger partial charge in [0.25, 0.3) is 0 Å². The molecule has 1 N–H and O–H groups in total. The Balaban J connectivity index is 1.41. The van der Waals surface area contributed by atoms with E-state index in [2.05, 4.69) is 26.8 Å². The van der Waals surface area contributed by atoms with Gasteiger partial charge in [-0.05, 0) is 69.9 Å². The Morgan fingerprint density at radius 1 is 1.16 bits per heavy atom. The summed E-state index contributed by atoms with van der Waals surface area (Å²) in [5, 5.41) is 1.84. The predicted molar refractivity (Wildman–Crippen MR) is 123 cm³/mol. The molecule has 1 saturated heterocycles. The zero-order valence-electron chi connectivity index (χ0n) is 18.3. The lowest BCUT2D eigenvalue weighted by atomic mass is 9.79. The Labute approximate surface area is 184 Å². The van der Waals surface area contributed by atoms with Crippen LogP contribution >= 0.6 is 0 Å². The standard InChI is InChI=1S/C23H31N5O2S/c1-14-4-3-11-28(13-14)23(31(29)30)17-7-5-16(6-8-17)21-20-18-9-10-24-22(18)25-12-19(20)26-15(2)27-21/h9-10,12,14,16-17,23,31H,3-8,11,13H2,1-2H3,(H,24,25). The normalized spacial score (nSPS) is 26.6. The second kappa shape index (κ2) is 8.47. The van der Waals surface area contributed by atoms with Gasteiger partial charge in [-0.2, -0.15) is 0 Å². The lowest BCUT2D eigenvalue weighted by Gasteiger charge is -2.40. The smallest absolute Gasteiger partial charge is 0.156 e. The Morgan fingerprint density at radius 2 is 1.97 bits per heavy atom. The van der Waals surface area contributed by atoms with Gasteiger partial charge in [-0.3, -0.25) is 4.90 Å². The van der Waals surface area contributed by atoms with Crippen molar-refractivity contribution in [2.45, 2.75) is 63.7 Å². The molecule has 1 aliphatic carbocycles. The molecule has 2 fully saturated rings. The molecule has 0 bridgehead atoms. The quantitative estimate of drug-likeness (QED) is 0.599. The van der Waals surface area contributed by atoms with Crippen LogP contribution in [0.3, 0.4) is 0 Å². The molecule has 7 nitrogen and oxygen atoms in total. The second-order valence-corrected chi connectivity index (χ2v) is 10.6. The van der Waals surface area contributed by atoms with Crippen LogP contribution in [0.2, 0.25) is 0 Å². The number of nitrogens with zero attached hydrogens (tertiary/aromatic N) is 4. The third-order valence-electron chi connectivity index (χ3n) is 7.25. The summed E-state index contributed by atoms with van der Waals surface area (Å²) in [7, 11) is -2.46. The van der Waals surface area contributed by atoms with Gasteiger partial charge in [-0.25, -0.2) is 23.4 Å². The molecule has 2 atom stereocenters. The van der Waals surface area contributed by atoms with E-state index in [1.807, 2.05) is 25.4 Å². The van der Waals surface area contributed by atoms with Gasteiger partial charge in [0.05, 0.1) is 17.4 Å². The number of rotatable bonds is 4. The Morgan fingerprint density at radius 3 is 2.71 bits per heavy atom. The lowest BCUT2D eigenvalue weighted by Crippen LogP contribution is -2.47. The molecule has 0 spiro atoms. The maximum atomic E-state index is 12.3. The summed E-state index contributed by atoms with van der Waals surface area (Å²) in [6, 6.07) is 2.05. The van der Waals surface area contributed by atoms with E-state index in [0.717, 1.165) is 78.6 Å². The van der Waals surface area contributed by atoms with Crippen molar-refractivity contribution in [1.29, 1.82) is 0 Å². The highest BCUT2D eigenvalue weighted by Crippen LogP contribution is 2.41. The number of aryl methyl sites for hydroxylation is 1. The first-order chi connectivity index (χ1) is 15.0. The van der Waals surface area contributed by atoms with E-state index in [1.54, 1.807) is 0 Å². The summed E-state index contributed by atoms with van der Waals surface area (Å²) in [6.07, 6.45) is 9.82. The first-order valence-electron chi connectivity index (χ1n) is 11.5. The maximum absolute atomic E-state index is 12.3. The SMILES string of the molecule is Cc1nc(C2CCC(C(N3CCCC(C)C3)[SH](=O)=O)CC2)c2c(cnc3[nH]ccc32)n1. The summed E-state index contributed by atoms with van der Waals surface area (Å²) < 4.78 is 24.5. The number of nitrogens with one attached hydrogen (secondary N) is 1. The summed E-state index contributed by atoms with van der Waals surface area (Å²) in [5.74, 6) is 1.89. The molecule has 1 aliphatic heterocycles. The molecule has 166 valence electrons. The second-order valence-electron chi connectivity index (χ2n) is 9.47. The molecule has 5 rings (SSSR count). The van der Waals surface area contributed by atoms with Crippen LogP contribution in [-0.2, 0) is 10.7 Å². The van der Waals surface area contributed by atoms with Crippen LogP contribution in [0.1, 0.15) is 62.9 Å². The van der Waals surface area contributed by atoms with Gasteiger partial charge in [0.2, 0.25) is 0 Å². The van der Waals surface area contributed by atoms with Gasteiger partial charge < -0.3 is 4.98 Å². The van der Waals surface area contributed by atoms with E-state index in [-0.39, 0.29) is 11.3 Å². The van der Waals surface area contributed by atoms with Crippen molar-refractivity contribution in [2.75, 3.05) is 13.1 Å². The zero-order chi connectivity index (χ0) is 21.5. The predicted octanol–water partition coefficient (Wildman–Crippen LogP) is 3.76. The molecule has 8 heteroatoms. The molecule has 4 heterocycles. The number of hydrogen-bond acceptors (Lipinski definition) is 6. The summed E-state index contributed by atoms with van der Waals surface area (Å²) >= 11 is 0. The minimum atomic E-state index is -2.46. The molecule has 1 saturated carbocycles. The van der Waals surface area contributed by atoms with E-state index in [9.17, 15) is 8.42 Å². The number of hydrogen-bond donors (Lipinski definition) is 2. The average Bonchev–Trinajstić information content (AvgIpc) is 3.22. The number of piperidine rings is 1. The van der Waals surface area contributed by atoms with Gasteiger partial charge in [0.1, 0.15) is 16.8 Å². The molecule has 0 radical (unpaired) electrons. The van der Waals surface area contributed by atoms with Gasteiger partial charge >= 0.3 is 0 Å². The molecule has 3 aromatic heterocycles. The van der Waals surface area contributed by atoms with Crippen molar-refractivity contribution < 1.29 is 8.42 Å². The fourth-order valence-electron chi connectivity index (χ4n) is 5.84. The van der Waals surface area contributed by atoms with Crippen molar-refractivity contribution in [1.82, 2.24) is 24.8 Å². The minimum absolute atomic E-state index is 0.214. The molecule has 31 heavy (non-hydrogen) atoms. The number of fused-ring (bicyclic) bond motifs is 3. The largest absolute Gasteiger partial charge is 0.346 e. The fraction of sp³-hybridized carbons (Fsp3) is 0.609. The third kappa shape index (κ3) is 3.96. The minimum Gasteiger partial charge on any atom is -0.346 e. The van der Waals surface area contributed by atoms with E-state index >= 15 is 0 Å². The van der Waals surface area contributed by atoms with Crippen molar-refractivity contribution in [3.05, 3.63) is 30.0 Å². The number of thiol groups is 1. The Hall–Kier alpha value is -2.06. The fourth-order valence-corrected chi connectivity index (χ4v) is 6.96. The number of likely N-dealkylation sites (tertiary alicyclic amines) is 1. The van der Waals surface area contributed by atoms with Crippen LogP contribution in [0.15, 0.2) is 18.5 Å². The van der Waals surface area contributed by atoms with Crippen LogP contribution < -0.4 is 0 Å². The number of H-pyrrole nitrogens is 1. The molecule has 2 unspecified atom stereocenters.